The predicted octanol–water partition coefficient (Wildman–Crippen LogP) is 4.80. The van der Waals surface area contributed by atoms with Crippen molar-refractivity contribution in [1.29, 1.82) is 0 Å². The molecule has 2 aromatic heterocycles. The maximum atomic E-state index is 12.7. The van der Waals surface area contributed by atoms with Gasteiger partial charge in [-0.05, 0) is 53.9 Å². The molecule has 5 nitrogen and oxygen atoms in total. The third-order valence-electron chi connectivity index (χ3n) is 4.02. The van der Waals surface area contributed by atoms with Crippen LogP contribution in [0.25, 0.3) is 10.9 Å². The van der Waals surface area contributed by atoms with Crippen LogP contribution >= 0.6 is 11.3 Å². The third kappa shape index (κ3) is 3.70. The van der Waals surface area contributed by atoms with Crippen molar-refractivity contribution in [3.63, 3.8) is 0 Å². The molecule has 0 fully saturated rings. The first kappa shape index (κ1) is 16.9. The van der Waals surface area contributed by atoms with Crippen LogP contribution < -0.4 is 10.6 Å². The highest BCUT2D eigenvalue weighted by molar-refractivity contribution is 7.12. The fourth-order valence-electron chi connectivity index (χ4n) is 2.75. The number of nitrogens with zero attached hydrogens (tertiary/aromatic N) is 1. The molecule has 0 saturated carbocycles. The Balaban J connectivity index is 1.54. The number of hydrogen-bond acceptors (Lipinski definition) is 4. The van der Waals surface area contributed by atoms with Crippen molar-refractivity contribution in [2.75, 3.05) is 10.6 Å². The van der Waals surface area contributed by atoms with Gasteiger partial charge in [0.05, 0.1) is 16.1 Å². The molecule has 0 saturated heterocycles. The summed E-state index contributed by atoms with van der Waals surface area (Å²) in [5, 5.41) is 8.45. The van der Waals surface area contributed by atoms with Gasteiger partial charge in [0.15, 0.2) is 0 Å². The Morgan fingerprint density at radius 3 is 2.59 bits per heavy atom. The van der Waals surface area contributed by atoms with Crippen LogP contribution in [0.15, 0.2) is 78.3 Å². The molecule has 6 heteroatoms. The molecule has 0 aliphatic carbocycles. The summed E-state index contributed by atoms with van der Waals surface area (Å²) in [7, 11) is 0. The van der Waals surface area contributed by atoms with Crippen molar-refractivity contribution < 1.29 is 9.59 Å². The van der Waals surface area contributed by atoms with Crippen LogP contribution in [0.4, 0.5) is 11.4 Å². The van der Waals surface area contributed by atoms with Gasteiger partial charge in [0.1, 0.15) is 0 Å². The lowest BCUT2D eigenvalue weighted by Crippen LogP contribution is -2.14. The minimum Gasteiger partial charge on any atom is -0.321 e. The first-order chi connectivity index (χ1) is 13.2. The number of rotatable bonds is 4. The molecular formula is C21H15N3O2S. The molecular weight excluding hydrogens is 358 g/mol. The van der Waals surface area contributed by atoms with Gasteiger partial charge in [0.2, 0.25) is 0 Å². The van der Waals surface area contributed by atoms with Gasteiger partial charge in [-0.15, -0.1) is 11.3 Å². The molecule has 0 spiro atoms. The summed E-state index contributed by atoms with van der Waals surface area (Å²) < 4.78 is 0. The molecule has 132 valence electrons. The number of pyridine rings is 1. The number of aromatic nitrogens is 1. The number of carbonyl (C=O) groups is 2. The molecule has 2 amide bonds. The van der Waals surface area contributed by atoms with Gasteiger partial charge in [0, 0.05) is 22.8 Å². The number of thiophene rings is 1. The van der Waals surface area contributed by atoms with Gasteiger partial charge in [0.25, 0.3) is 11.8 Å². The van der Waals surface area contributed by atoms with Crippen molar-refractivity contribution in [1.82, 2.24) is 4.98 Å². The minimum absolute atomic E-state index is 0.192. The zero-order valence-corrected chi connectivity index (χ0v) is 15.0. The Labute approximate surface area is 159 Å². The molecule has 0 aliphatic heterocycles. The second-order valence-electron chi connectivity index (χ2n) is 5.84. The molecule has 2 aromatic carbocycles. The van der Waals surface area contributed by atoms with E-state index in [0.29, 0.717) is 21.8 Å². The zero-order chi connectivity index (χ0) is 18.6. The van der Waals surface area contributed by atoms with Gasteiger partial charge < -0.3 is 10.6 Å². The van der Waals surface area contributed by atoms with Crippen LogP contribution in [0.3, 0.4) is 0 Å². The maximum absolute atomic E-state index is 12.7. The van der Waals surface area contributed by atoms with Gasteiger partial charge in [-0.3, -0.25) is 14.6 Å². The van der Waals surface area contributed by atoms with Crippen molar-refractivity contribution in [3.8, 4) is 0 Å². The monoisotopic (exact) mass is 373 g/mol. The van der Waals surface area contributed by atoms with E-state index in [1.165, 1.54) is 11.3 Å². The van der Waals surface area contributed by atoms with E-state index in [1.807, 2.05) is 41.8 Å². The van der Waals surface area contributed by atoms with Gasteiger partial charge in [-0.1, -0.05) is 18.2 Å². The smallest absolute Gasteiger partial charge is 0.265 e. The van der Waals surface area contributed by atoms with Gasteiger partial charge in [-0.25, -0.2) is 0 Å². The lowest BCUT2D eigenvalue weighted by atomic mass is 10.1. The highest BCUT2D eigenvalue weighted by Gasteiger charge is 2.11. The largest absolute Gasteiger partial charge is 0.321 e. The van der Waals surface area contributed by atoms with Crippen LogP contribution in [0.1, 0.15) is 20.0 Å². The van der Waals surface area contributed by atoms with E-state index in [9.17, 15) is 9.59 Å². The Bertz CT molecular complexity index is 1120. The summed E-state index contributed by atoms with van der Waals surface area (Å²) in [6, 6.07) is 19.8. The average molecular weight is 373 g/mol. The van der Waals surface area contributed by atoms with E-state index in [2.05, 4.69) is 15.6 Å². The molecule has 0 unspecified atom stereocenters. The second-order valence-corrected chi connectivity index (χ2v) is 6.79. The summed E-state index contributed by atoms with van der Waals surface area (Å²) in [5.74, 6) is -0.443. The number of hydrogen-bond donors (Lipinski definition) is 2. The van der Waals surface area contributed by atoms with E-state index >= 15 is 0 Å². The van der Waals surface area contributed by atoms with E-state index < -0.39 is 0 Å². The maximum Gasteiger partial charge on any atom is 0.265 e. The molecule has 2 heterocycles. The Kier molecular flexibility index (Phi) is 4.63. The minimum atomic E-state index is -0.251. The van der Waals surface area contributed by atoms with Crippen molar-refractivity contribution >= 4 is 45.4 Å². The van der Waals surface area contributed by atoms with Crippen LogP contribution in [-0.2, 0) is 0 Å². The zero-order valence-electron chi connectivity index (χ0n) is 14.2. The van der Waals surface area contributed by atoms with Crippen LogP contribution in [0.5, 0.6) is 0 Å². The summed E-state index contributed by atoms with van der Waals surface area (Å²) in [4.78, 5) is 29.8. The Hall–Kier alpha value is -3.51. The summed E-state index contributed by atoms with van der Waals surface area (Å²) in [6.07, 6.45) is 1.72. The van der Waals surface area contributed by atoms with Gasteiger partial charge >= 0.3 is 0 Å². The van der Waals surface area contributed by atoms with Crippen LogP contribution in [0, 0.1) is 0 Å². The molecule has 2 N–H and O–H groups in total. The van der Waals surface area contributed by atoms with E-state index in [4.69, 9.17) is 0 Å². The molecule has 4 rings (SSSR count). The van der Waals surface area contributed by atoms with Crippen molar-refractivity contribution in [3.05, 3.63) is 88.7 Å². The molecule has 4 aromatic rings. The second kappa shape index (κ2) is 7.39. The van der Waals surface area contributed by atoms with Crippen LogP contribution in [0.2, 0.25) is 0 Å². The molecule has 27 heavy (non-hydrogen) atoms. The first-order valence-corrected chi connectivity index (χ1v) is 9.19. The molecule has 0 atom stereocenters. The number of fused-ring (bicyclic) bond motifs is 1. The fourth-order valence-corrected chi connectivity index (χ4v) is 3.36. The first-order valence-electron chi connectivity index (χ1n) is 8.31. The number of nitrogens with one attached hydrogen (secondary N) is 2. The number of anilines is 2. The third-order valence-corrected chi connectivity index (χ3v) is 4.89. The fraction of sp³-hybridized carbons (Fsp3) is 0. The Morgan fingerprint density at radius 2 is 1.74 bits per heavy atom. The normalized spacial score (nSPS) is 10.5. The summed E-state index contributed by atoms with van der Waals surface area (Å²) >= 11 is 1.37. The van der Waals surface area contributed by atoms with Crippen molar-refractivity contribution in [2.24, 2.45) is 0 Å². The number of benzene rings is 2. The average Bonchev–Trinajstić information content (AvgIpc) is 3.23. The number of carbonyl (C=O) groups excluding carboxylic acids is 2. The highest BCUT2D eigenvalue weighted by Crippen LogP contribution is 2.22. The lowest BCUT2D eigenvalue weighted by molar-refractivity contribution is 0.101. The SMILES string of the molecule is O=C(Nc1cccc2ncccc12)c1cccc(NC(=O)c2cccs2)c1. The molecule has 0 radical (unpaired) electrons. The van der Waals surface area contributed by atoms with E-state index in [1.54, 1.807) is 36.5 Å². The quantitative estimate of drug-likeness (QED) is 0.540. The van der Waals surface area contributed by atoms with E-state index in [-0.39, 0.29) is 11.8 Å². The van der Waals surface area contributed by atoms with Crippen LogP contribution in [-0.4, -0.2) is 16.8 Å². The Morgan fingerprint density at radius 1 is 0.852 bits per heavy atom. The summed E-state index contributed by atoms with van der Waals surface area (Å²) in [6.45, 7) is 0. The number of amides is 2. The van der Waals surface area contributed by atoms with E-state index in [0.717, 1.165) is 10.9 Å². The predicted molar refractivity (Wildman–Crippen MR) is 108 cm³/mol. The molecule has 0 bridgehead atoms. The summed E-state index contributed by atoms with van der Waals surface area (Å²) in [5.41, 5.74) is 2.53. The highest BCUT2D eigenvalue weighted by atomic mass is 32.1. The lowest BCUT2D eigenvalue weighted by Gasteiger charge is -2.10. The standard InChI is InChI=1S/C21H15N3O2S/c25-20(24-18-9-2-8-17-16(18)7-3-11-22-17)14-5-1-6-15(13-14)23-21(26)19-10-4-12-27-19/h1-13H,(H,23,26)(H,24,25). The van der Waals surface area contributed by atoms with Crippen molar-refractivity contribution in [2.45, 2.75) is 0 Å². The topological polar surface area (TPSA) is 71.1 Å². The molecule has 0 aliphatic rings. The van der Waals surface area contributed by atoms with Gasteiger partial charge in [-0.2, -0.15) is 0 Å².